The maximum Gasteiger partial charge on any atom is 0.226 e. The van der Waals surface area contributed by atoms with Gasteiger partial charge in [-0.05, 0) is 50.2 Å². The minimum atomic E-state index is 0.297. The summed E-state index contributed by atoms with van der Waals surface area (Å²) in [5, 5.41) is 13.1. The van der Waals surface area contributed by atoms with E-state index in [1.165, 1.54) is 24.3 Å². The third-order valence-electron chi connectivity index (χ3n) is 5.46. The number of nitrogens with zero attached hydrogens (tertiary/aromatic N) is 4. The van der Waals surface area contributed by atoms with Gasteiger partial charge in [-0.3, -0.25) is 9.89 Å². The van der Waals surface area contributed by atoms with Gasteiger partial charge in [-0.15, -0.1) is 11.3 Å². The van der Waals surface area contributed by atoms with Gasteiger partial charge in [0, 0.05) is 43.4 Å². The first-order valence-corrected chi connectivity index (χ1v) is 11.5. The van der Waals surface area contributed by atoms with Gasteiger partial charge in [0.15, 0.2) is 11.8 Å². The number of hydrogen-bond donors (Lipinski definition) is 2. The first-order valence-electron chi connectivity index (χ1n) is 10.6. The molecule has 3 heterocycles. The van der Waals surface area contributed by atoms with E-state index in [0.717, 1.165) is 37.7 Å². The van der Waals surface area contributed by atoms with Crippen LogP contribution in [0, 0.1) is 5.92 Å². The van der Waals surface area contributed by atoms with E-state index in [2.05, 4.69) is 69.1 Å². The summed E-state index contributed by atoms with van der Waals surface area (Å²) in [6, 6.07) is 4.91. The Labute approximate surface area is 178 Å². The fourth-order valence-electron chi connectivity index (χ4n) is 3.88. The molecule has 8 heteroatoms. The predicted octanol–water partition coefficient (Wildman–Crippen LogP) is 3.44. The first-order chi connectivity index (χ1) is 14.1. The molecule has 2 unspecified atom stereocenters. The molecular weight excluding hydrogens is 384 g/mol. The average molecular weight is 419 g/mol. The molecular formula is C21H34N6OS. The van der Waals surface area contributed by atoms with Gasteiger partial charge in [0.1, 0.15) is 0 Å². The van der Waals surface area contributed by atoms with E-state index >= 15 is 0 Å². The van der Waals surface area contributed by atoms with E-state index in [9.17, 15) is 0 Å². The van der Waals surface area contributed by atoms with Gasteiger partial charge in [0.05, 0.1) is 0 Å². The minimum Gasteiger partial charge on any atom is -0.356 e. The number of guanidine groups is 1. The quantitative estimate of drug-likeness (QED) is 0.388. The molecule has 3 rings (SSSR count). The number of hydrogen-bond acceptors (Lipinski definition) is 6. The molecule has 7 nitrogen and oxygen atoms in total. The van der Waals surface area contributed by atoms with Crippen LogP contribution in [0.5, 0.6) is 0 Å². The second-order valence-electron chi connectivity index (χ2n) is 8.03. The summed E-state index contributed by atoms with van der Waals surface area (Å²) < 4.78 is 5.30. The third kappa shape index (κ3) is 6.02. The van der Waals surface area contributed by atoms with E-state index in [0.29, 0.717) is 23.8 Å². The lowest BCUT2D eigenvalue weighted by Gasteiger charge is -2.39. The van der Waals surface area contributed by atoms with Crippen LogP contribution in [-0.4, -0.2) is 54.7 Å². The van der Waals surface area contributed by atoms with E-state index in [4.69, 9.17) is 4.52 Å². The van der Waals surface area contributed by atoms with Crippen molar-refractivity contribution < 1.29 is 4.52 Å². The second kappa shape index (κ2) is 10.7. The van der Waals surface area contributed by atoms with Crippen LogP contribution in [0.25, 0.3) is 0 Å². The maximum atomic E-state index is 5.30. The molecule has 0 bridgehead atoms. The Morgan fingerprint density at radius 3 is 2.97 bits per heavy atom. The largest absolute Gasteiger partial charge is 0.356 e. The predicted molar refractivity (Wildman–Crippen MR) is 118 cm³/mol. The number of likely N-dealkylation sites (tertiary alicyclic amines) is 1. The number of aryl methyl sites for hydroxylation is 1. The number of piperidine rings is 1. The topological polar surface area (TPSA) is 78.6 Å². The van der Waals surface area contributed by atoms with Crippen molar-refractivity contribution in [2.45, 2.75) is 51.5 Å². The Morgan fingerprint density at radius 1 is 1.41 bits per heavy atom. The van der Waals surface area contributed by atoms with Crippen molar-refractivity contribution in [1.29, 1.82) is 0 Å². The Kier molecular flexibility index (Phi) is 8.06. The third-order valence-corrected chi connectivity index (χ3v) is 6.40. The van der Waals surface area contributed by atoms with Crippen molar-refractivity contribution >= 4 is 17.3 Å². The van der Waals surface area contributed by atoms with Crippen LogP contribution in [0.1, 0.15) is 61.7 Å². The van der Waals surface area contributed by atoms with E-state index < -0.39 is 0 Å². The summed E-state index contributed by atoms with van der Waals surface area (Å²) in [7, 11) is 4.07. The number of nitrogens with one attached hydrogen (secondary N) is 2. The lowest BCUT2D eigenvalue weighted by Crippen LogP contribution is -2.45. The highest BCUT2D eigenvalue weighted by Crippen LogP contribution is 2.36. The molecule has 1 aliphatic heterocycles. The standard InChI is InChI=1S/C21H34N6OS/c1-15(2)20-25-18(28-26-20)10-5-11-23-21(22-3)24-14-16-8-6-12-27(4)19(16)17-9-7-13-29-17/h7,9,13,15-16,19H,5-6,8,10-12,14H2,1-4H3,(H2,22,23,24). The van der Waals surface area contributed by atoms with Gasteiger partial charge in [-0.1, -0.05) is 25.1 Å². The molecule has 2 aromatic heterocycles. The SMILES string of the molecule is CN=C(NCCCc1nc(C(C)C)no1)NCC1CCCN(C)C1c1cccs1. The highest BCUT2D eigenvalue weighted by molar-refractivity contribution is 7.10. The summed E-state index contributed by atoms with van der Waals surface area (Å²) >= 11 is 1.86. The number of aromatic nitrogens is 2. The van der Waals surface area contributed by atoms with Crippen molar-refractivity contribution in [1.82, 2.24) is 25.7 Å². The Balaban J connectivity index is 1.43. The Morgan fingerprint density at radius 2 is 2.28 bits per heavy atom. The van der Waals surface area contributed by atoms with Gasteiger partial charge in [0.25, 0.3) is 0 Å². The normalized spacial score (nSPS) is 20.9. The first kappa shape index (κ1) is 21.8. The van der Waals surface area contributed by atoms with Crippen LogP contribution in [0.15, 0.2) is 27.0 Å². The molecule has 0 saturated carbocycles. The maximum absolute atomic E-state index is 5.30. The molecule has 1 fully saturated rings. The molecule has 0 amide bonds. The van der Waals surface area contributed by atoms with Crippen LogP contribution in [0.2, 0.25) is 0 Å². The molecule has 0 aliphatic carbocycles. The number of thiophene rings is 1. The zero-order valence-corrected chi connectivity index (χ0v) is 18.8. The zero-order valence-electron chi connectivity index (χ0n) is 18.0. The summed E-state index contributed by atoms with van der Waals surface area (Å²) in [6.45, 7) is 7.05. The van der Waals surface area contributed by atoms with Gasteiger partial charge >= 0.3 is 0 Å². The van der Waals surface area contributed by atoms with Crippen LogP contribution in [-0.2, 0) is 6.42 Å². The summed E-state index contributed by atoms with van der Waals surface area (Å²) in [5.74, 6) is 3.23. The monoisotopic (exact) mass is 418 g/mol. The molecule has 1 aliphatic rings. The average Bonchev–Trinajstić information content (AvgIpc) is 3.39. The Hall–Kier alpha value is -1.93. The van der Waals surface area contributed by atoms with Crippen LogP contribution in [0.3, 0.4) is 0 Å². The summed E-state index contributed by atoms with van der Waals surface area (Å²) in [4.78, 5) is 12.8. The van der Waals surface area contributed by atoms with E-state index in [1.54, 1.807) is 0 Å². The van der Waals surface area contributed by atoms with Crippen molar-refractivity contribution in [3.8, 4) is 0 Å². The van der Waals surface area contributed by atoms with Crippen molar-refractivity contribution in [3.05, 3.63) is 34.1 Å². The molecule has 2 atom stereocenters. The molecule has 2 aromatic rings. The van der Waals surface area contributed by atoms with E-state index in [-0.39, 0.29) is 0 Å². The zero-order chi connectivity index (χ0) is 20.6. The number of aliphatic imine (C=N–C) groups is 1. The summed E-state index contributed by atoms with van der Waals surface area (Å²) in [5.41, 5.74) is 0. The molecule has 160 valence electrons. The van der Waals surface area contributed by atoms with Crippen LogP contribution >= 0.6 is 11.3 Å². The van der Waals surface area contributed by atoms with Crippen LogP contribution in [0.4, 0.5) is 0 Å². The lowest BCUT2D eigenvalue weighted by molar-refractivity contribution is 0.125. The highest BCUT2D eigenvalue weighted by Gasteiger charge is 2.31. The molecule has 1 saturated heterocycles. The smallest absolute Gasteiger partial charge is 0.226 e. The second-order valence-corrected chi connectivity index (χ2v) is 9.01. The van der Waals surface area contributed by atoms with Gasteiger partial charge in [0.2, 0.25) is 5.89 Å². The van der Waals surface area contributed by atoms with E-state index in [1.807, 2.05) is 18.4 Å². The minimum absolute atomic E-state index is 0.297. The molecule has 0 spiro atoms. The fraction of sp³-hybridized carbons (Fsp3) is 0.667. The van der Waals surface area contributed by atoms with Gasteiger partial charge in [-0.25, -0.2) is 0 Å². The molecule has 0 radical (unpaired) electrons. The van der Waals surface area contributed by atoms with Gasteiger partial charge < -0.3 is 15.2 Å². The molecule has 0 aromatic carbocycles. The molecule has 2 N–H and O–H groups in total. The van der Waals surface area contributed by atoms with Gasteiger partial charge in [-0.2, -0.15) is 4.98 Å². The van der Waals surface area contributed by atoms with Crippen molar-refractivity contribution in [2.24, 2.45) is 10.9 Å². The van der Waals surface area contributed by atoms with Crippen molar-refractivity contribution in [3.63, 3.8) is 0 Å². The van der Waals surface area contributed by atoms with Crippen LogP contribution < -0.4 is 10.6 Å². The fourth-order valence-corrected chi connectivity index (χ4v) is 4.86. The Bertz CT molecular complexity index is 757. The van der Waals surface area contributed by atoms with Crippen molar-refractivity contribution in [2.75, 3.05) is 33.7 Å². The summed E-state index contributed by atoms with van der Waals surface area (Å²) in [6.07, 6.45) is 4.19. The number of rotatable bonds is 8. The lowest BCUT2D eigenvalue weighted by atomic mass is 9.88. The highest BCUT2D eigenvalue weighted by atomic mass is 32.1. The molecule has 29 heavy (non-hydrogen) atoms.